The van der Waals surface area contributed by atoms with E-state index in [0.717, 1.165) is 12.1 Å². The standard InChI is InChI=1S/C13H15F3N2O/c14-13(15,16)10-3-1-9(2-4-10)12(19)18-8-7-17-11-5-6-11/h1-4,11,17H,5-8H2,(H,18,19). The molecule has 19 heavy (non-hydrogen) atoms. The first kappa shape index (κ1) is 13.9. The number of rotatable bonds is 5. The lowest BCUT2D eigenvalue weighted by Crippen LogP contribution is -2.32. The van der Waals surface area contributed by atoms with Crippen molar-refractivity contribution in [2.75, 3.05) is 13.1 Å². The third-order valence-corrected chi connectivity index (χ3v) is 2.90. The number of amides is 1. The molecule has 1 aliphatic rings. The van der Waals surface area contributed by atoms with Gasteiger partial charge in [-0.3, -0.25) is 4.79 Å². The minimum atomic E-state index is -4.37. The SMILES string of the molecule is O=C(NCCNC1CC1)c1ccc(C(F)(F)F)cc1. The highest BCUT2D eigenvalue weighted by Crippen LogP contribution is 2.29. The van der Waals surface area contributed by atoms with Gasteiger partial charge in [0.05, 0.1) is 5.56 Å². The molecule has 0 atom stereocenters. The van der Waals surface area contributed by atoms with E-state index in [0.29, 0.717) is 19.1 Å². The maximum Gasteiger partial charge on any atom is 0.416 e. The molecule has 1 aromatic rings. The highest BCUT2D eigenvalue weighted by atomic mass is 19.4. The molecule has 0 unspecified atom stereocenters. The molecule has 104 valence electrons. The van der Waals surface area contributed by atoms with Crippen molar-refractivity contribution in [2.24, 2.45) is 0 Å². The van der Waals surface area contributed by atoms with E-state index in [1.54, 1.807) is 0 Å². The maximum absolute atomic E-state index is 12.3. The van der Waals surface area contributed by atoms with Crippen LogP contribution in [0.1, 0.15) is 28.8 Å². The molecule has 0 bridgehead atoms. The van der Waals surface area contributed by atoms with Crippen LogP contribution in [0, 0.1) is 0 Å². The molecule has 0 aromatic heterocycles. The van der Waals surface area contributed by atoms with Crippen LogP contribution in [0.25, 0.3) is 0 Å². The predicted octanol–water partition coefficient (Wildman–Crippen LogP) is 2.19. The number of alkyl halides is 3. The Hall–Kier alpha value is -1.56. The number of carbonyl (C=O) groups excluding carboxylic acids is 1. The molecule has 0 heterocycles. The van der Waals surface area contributed by atoms with Gasteiger partial charge < -0.3 is 10.6 Å². The zero-order valence-corrected chi connectivity index (χ0v) is 10.3. The van der Waals surface area contributed by atoms with Crippen molar-refractivity contribution in [1.82, 2.24) is 10.6 Å². The fourth-order valence-corrected chi connectivity index (χ4v) is 1.65. The van der Waals surface area contributed by atoms with Gasteiger partial charge in [-0.05, 0) is 37.1 Å². The van der Waals surface area contributed by atoms with Crippen LogP contribution in [-0.2, 0) is 6.18 Å². The van der Waals surface area contributed by atoms with Crippen LogP contribution in [0.5, 0.6) is 0 Å². The van der Waals surface area contributed by atoms with Gasteiger partial charge in [0.1, 0.15) is 0 Å². The first-order valence-corrected chi connectivity index (χ1v) is 6.15. The normalized spacial score (nSPS) is 15.3. The van der Waals surface area contributed by atoms with Gasteiger partial charge in [0.15, 0.2) is 0 Å². The Kier molecular flexibility index (Phi) is 4.09. The molecule has 1 aromatic carbocycles. The van der Waals surface area contributed by atoms with Crippen LogP contribution in [0.4, 0.5) is 13.2 Å². The van der Waals surface area contributed by atoms with Gasteiger partial charge in [-0.25, -0.2) is 0 Å². The van der Waals surface area contributed by atoms with Crippen molar-refractivity contribution in [3.05, 3.63) is 35.4 Å². The summed E-state index contributed by atoms with van der Waals surface area (Å²) in [6.07, 6.45) is -2.02. The summed E-state index contributed by atoms with van der Waals surface area (Å²) in [6.45, 7) is 1.15. The van der Waals surface area contributed by atoms with Gasteiger partial charge >= 0.3 is 6.18 Å². The second-order valence-electron chi connectivity index (χ2n) is 4.56. The van der Waals surface area contributed by atoms with E-state index in [4.69, 9.17) is 0 Å². The van der Waals surface area contributed by atoms with Crippen molar-refractivity contribution in [1.29, 1.82) is 0 Å². The summed E-state index contributed by atoms with van der Waals surface area (Å²) in [6, 6.07) is 4.77. The predicted molar refractivity (Wildman–Crippen MR) is 64.8 cm³/mol. The van der Waals surface area contributed by atoms with E-state index >= 15 is 0 Å². The molecule has 6 heteroatoms. The summed E-state index contributed by atoms with van der Waals surface area (Å²) in [5.74, 6) is -0.355. The van der Waals surface area contributed by atoms with Crippen molar-refractivity contribution in [3.63, 3.8) is 0 Å². The van der Waals surface area contributed by atoms with Crippen LogP contribution in [0.2, 0.25) is 0 Å². The summed E-state index contributed by atoms with van der Waals surface area (Å²) in [5.41, 5.74) is -0.515. The smallest absolute Gasteiger partial charge is 0.351 e. The van der Waals surface area contributed by atoms with Crippen molar-refractivity contribution in [2.45, 2.75) is 25.1 Å². The lowest BCUT2D eigenvalue weighted by molar-refractivity contribution is -0.137. The van der Waals surface area contributed by atoms with Gasteiger partial charge in [0.2, 0.25) is 0 Å². The summed E-state index contributed by atoms with van der Waals surface area (Å²) in [7, 11) is 0. The Bertz CT molecular complexity index is 438. The number of hydrogen-bond donors (Lipinski definition) is 2. The van der Waals surface area contributed by atoms with E-state index in [9.17, 15) is 18.0 Å². The van der Waals surface area contributed by atoms with Crippen molar-refractivity contribution < 1.29 is 18.0 Å². The Morgan fingerprint density at radius 1 is 1.16 bits per heavy atom. The molecular formula is C13H15F3N2O. The zero-order chi connectivity index (χ0) is 13.9. The molecule has 1 aliphatic carbocycles. The number of nitrogens with one attached hydrogen (secondary N) is 2. The quantitative estimate of drug-likeness (QED) is 0.807. The Morgan fingerprint density at radius 2 is 1.79 bits per heavy atom. The first-order chi connectivity index (χ1) is 8.97. The van der Waals surface area contributed by atoms with E-state index in [-0.39, 0.29) is 11.5 Å². The first-order valence-electron chi connectivity index (χ1n) is 6.15. The second-order valence-corrected chi connectivity index (χ2v) is 4.56. The number of hydrogen-bond acceptors (Lipinski definition) is 2. The van der Waals surface area contributed by atoms with E-state index in [2.05, 4.69) is 10.6 Å². The van der Waals surface area contributed by atoms with Crippen LogP contribution in [0.3, 0.4) is 0 Å². The lowest BCUT2D eigenvalue weighted by Gasteiger charge is -2.08. The topological polar surface area (TPSA) is 41.1 Å². The zero-order valence-electron chi connectivity index (χ0n) is 10.3. The number of carbonyl (C=O) groups is 1. The van der Waals surface area contributed by atoms with Crippen LogP contribution >= 0.6 is 0 Å². The summed E-state index contributed by atoms with van der Waals surface area (Å²) >= 11 is 0. The highest BCUT2D eigenvalue weighted by molar-refractivity contribution is 5.94. The molecular weight excluding hydrogens is 257 g/mol. The molecule has 2 N–H and O–H groups in total. The Labute approximate surface area is 109 Å². The molecule has 3 nitrogen and oxygen atoms in total. The van der Waals surface area contributed by atoms with Crippen molar-refractivity contribution in [3.8, 4) is 0 Å². The molecule has 0 spiro atoms. The average molecular weight is 272 g/mol. The molecule has 0 saturated heterocycles. The molecule has 1 amide bonds. The Morgan fingerprint density at radius 3 is 2.32 bits per heavy atom. The van der Waals surface area contributed by atoms with E-state index in [1.165, 1.54) is 25.0 Å². The largest absolute Gasteiger partial charge is 0.416 e. The fraction of sp³-hybridized carbons (Fsp3) is 0.462. The minimum absolute atomic E-state index is 0.236. The van der Waals surface area contributed by atoms with Crippen LogP contribution in [0.15, 0.2) is 24.3 Å². The van der Waals surface area contributed by atoms with E-state index in [1.807, 2.05) is 0 Å². The van der Waals surface area contributed by atoms with Gasteiger partial charge in [-0.2, -0.15) is 13.2 Å². The Balaban J connectivity index is 1.81. The van der Waals surface area contributed by atoms with Gasteiger partial charge in [-0.15, -0.1) is 0 Å². The average Bonchev–Trinajstić information content (AvgIpc) is 3.17. The lowest BCUT2D eigenvalue weighted by atomic mass is 10.1. The number of halogens is 3. The van der Waals surface area contributed by atoms with Crippen LogP contribution < -0.4 is 10.6 Å². The molecule has 1 fully saturated rings. The minimum Gasteiger partial charge on any atom is -0.351 e. The summed E-state index contributed by atoms with van der Waals surface area (Å²) < 4.78 is 37.0. The molecule has 2 rings (SSSR count). The monoisotopic (exact) mass is 272 g/mol. The van der Waals surface area contributed by atoms with Crippen molar-refractivity contribution >= 4 is 5.91 Å². The maximum atomic E-state index is 12.3. The van der Waals surface area contributed by atoms with Gasteiger partial charge in [-0.1, -0.05) is 0 Å². The third kappa shape index (κ3) is 4.24. The summed E-state index contributed by atoms with van der Waals surface area (Å²) in [4.78, 5) is 11.6. The summed E-state index contributed by atoms with van der Waals surface area (Å²) in [5, 5.41) is 5.89. The fourth-order valence-electron chi connectivity index (χ4n) is 1.65. The second kappa shape index (κ2) is 5.61. The van der Waals surface area contributed by atoms with E-state index < -0.39 is 11.7 Å². The molecule has 0 radical (unpaired) electrons. The third-order valence-electron chi connectivity index (χ3n) is 2.90. The molecule has 1 saturated carbocycles. The highest BCUT2D eigenvalue weighted by Gasteiger charge is 2.30. The van der Waals surface area contributed by atoms with Gasteiger partial charge in [0, 0.05) is 24.7 Å². The number of benzene rings is 1. The van der Waals surface area contributed by atoms with Gasteiger partial charge in [0.25, 0.3) is 5.91 Å². The van der Waals surface area contributed by atoms with Crippen LogP contribution in [-0.4, -0.2) is 25.0 Å². The molecule has 0 aliphatic heterocycles.